The van der Waals surface area contributed by atoms with Gasteiger partial charge in [-0.3, -0.25) is 0 Å². The van der Waals surface area contributed by atoms with Crippen molar-refractivity contribution in [2.24, 2.45) is 0 Å². The van der Waals surface area contributed by atoms with Crippen LogP contribution < -0.4 is 5.32 Å². The van der Waals surface area contributed by atoms with Crippen LogP contribution >= 0.6 is 0 Å². The van der Waals surface area contributed by atoms with Gasteiger partial charge in [-0.25, -0.2) is 22.8 Å². The normalized spacial score (nSPS) is 11.6. The van der Waals surface area contributed by atoms with Crippen LogP contribution in [0.3, 0.4) is 0 Å². The lowest BCUT2D eigenvalue weighted by Gasteiger charge is -2.17. The lowest BCUT2D eigenvalue weighted by atomic mass is 10.2. The Morgan fingerprint density at radius 3 is 2.29 bits per heavy atom. The molecule has 0 saturated heterocycles. The average molecular weight is 310 g/mol. The first-order valence-corrected chi connectivity index (χ1v) is 7.58. The van der Waals surface area contributed by atoms with Crippen LogP contribution in [0, 0.1) is 5.82 Å². The second-order valence-corrected chi connectivity index (χ2v) is 6.42. The number of aromatic nitrogens is 2. The van der Waals surface area contributed by atoms with Gasteiger partial charge in [0, 0.05) is 20.6 Å². The van der Waals surface area contributed by atoms with E-state index in [4.69, 9.17) is 0 Å². The van der Waals surface area contributed by atoms with Crippen molar-refractivity contribution in [3.63, 3.8) is 0 Å². The number of hydrogen-bond acceptors (Lipinski definition) is 5. The molecule has 0 saturated carbocycles. The second kappa shape index (κ2) is 6.15. The largest absolute Gasteiger partial charge is 0.357 e. The number of nitrogens with zero attached hydrogens (tertiary/aromatic N) is 3. The van der Waals surface area contributed by atoms with E-state index in [-0.39, 0.29) is 17.3 Å². The molecule has 2 aromatic rings. The summed E-state index contributed by atoms with van der Waals surface area (Å²) >= 11 is 0. The van der Waals surface area contributed by atoms with Gasteiger partial charge < -0.3 is 5.32 Å². The molecule has 0 aliphatic carbocycles. The van der Waals surface area contributed by atoms with Gasteiger partial charge in [-0.05, 0) is 17.7 Å². The van der Waals surface area contributed by atoms with Crippen LogP contribution in [0.15, 0.2) is 41.6 Å². The van der Waals surface area contributed by atoms with Crippen molar-refractivity contribution in [1.29, 1.82) is 0 Å². The minimum atomic E-state index is -3.69. The number of rotatable bonds is 5. The molecular weight excluding hydrogens is 295 g/mol. The highest BCUT2D eigenvalue weighted by molar-refractivity contribution is 7.89. The van der Waals surface area contributed by atoms with Crippen LogP contribution in [0.5, 0.6) is 0 Å². The smallest absolute Gasteiger partial charge is 0.246 e. The van der Waals surface area contributed by atoms with E-state index in [1.54, 1.807) is 19.2 Å². The molecule has 21 heavy (non-hydrogen) atoms. The zero-order chi connectivity index (χ0) is 15.5. The Morgan fingerprint density at radius 2 is 1.76 bits per heavy atom. The third-order valence-electron chi connectivity index (χ3n) is 2.88. The number of hydrogen-bond donors (Lipinski definition) is 1. The minimum Gasteiger partial charge on any atom is -0.357 e. The summed E-state index contributed by atoms with van der Waals surface area (Å²) in [5, 5.41) is 2.71. The second-order valence-electron chi connectivity index (χ2n) is 4.38. The summed E-state index contributed by atoms with van der Waals surface area (Å²) in [5.74, 6) is -0.0181. The maximum atomic E-state index is 12.8. The van der Waals surface area contributed by atoms with E-state index < -0.39 is 10.0 Å². The van der Waals surface area contributed by atoms with E-state index >= 15 is 0 Å². The van der Waals surface area contributed by atoms with Gasteiger partial charge in [0.1, 0.15) is 10.7 Å². The molecule has 8 heteroatoms. The van der Waals surface area contributed by atoms with Crippen molar-refractivity contribution >= 4 is 16.0 Å². The lowest BCUT2D eigenvalue weighted by molar-refractivity contribution is 0.466. The fourth-order valence-electron chi connectivity index (χ4n) is 1.69. The fraction of sp³-hybridized carbons (Fsp3) is 0.231. The van der Waals surface area contributed by atoms with Crippen LogP contribution in [0.25, 0.3) is 0 Å². The maximum absolute atomic E-state index is 12.8. The first kappa shape index (κ1) is 15.3. The molecule has 0 bridgehead atoms. The van der Waals surface area contributed by atoms with Crippen molar-refractivity contribution in [3.05, 3.63) is 48.0 Å². The highest BCUT2D eigenvalue weighted by atomic mass is 32.2. The quantitative estimate of drug-likeness (QED) is 0.905. The van der Waals surface area contributed by atoms with E-state index in [0.29, 0.717) is 11.5 Å². The monoisotopic (exact) mass is 310 g/mol. The van der Waals surface area contributed by atoms with Gasteiger partial charge in [-0.2, -0.15) is 4.31 Å². The average Bonchev–Trinajstić information content (AvgIpc) is 2.49. The number of anilines is 1. The summed E-state index contributed by atoms with van der Waals surface area (Å²) in [6, 6.07) is 5.67. The highest BCUT2D eigenvalue weighted by Crippen LogP contribution is 2.16. The van der Waals surface area contributed by atoms with Gasteiger partial charge in [-0.1, -0.05) is 12.1 Å². The van der Waals surface area contributed by atoms with Gasteiger partial charge in [-0.15, -0.1) is 0 Å². The summed E-state index contributed by atoms with van der Waals surface area (Å²) < 4.78 is 38.7. The molecule has 6 nitrogen and oxygen atoms in total. The molecular formula is C13H15FN4O2S. The van der Waals surface area contributed by atoms with Gasteiger partial charge in [0.15, 0.2) is 0 Å². The highest BCUT2D eigenvalue weighted by Gasteiger charge is 2.21. The third-order valence-corrected chi connectivity index (χ3v) is 4.63. The molecule has 1 heterocycles. The summed E-state index contributed by atoms with van der Waals surface area (Å²) in [6.07, 6.45) is 2.49. The molecule has 1 aromatic heterocycles. The summed E-state index contributed by atoms with van der Waals surface area (Å²) in [7, 11) is -0.593. The predicted octanol–water partition coefficient (Wildman–Crippen LogP) is 1.48. The Kier molecular flexibility index (Phi) is 4.49. The first-order valence-electron chi connectivity index (χ1n) is 6.14. The van der Waals surface area contributed by atoms with Crippen molar-refractivity contribution in [2.75, 3.05) is 19.4 Å². The molecule has 2 rings (SSSR count). The molecule has 0 amide bonds. The van der Waals surface area contributed by atoms with E-state index in [9.17, 15) is 12.8 Å². The Hall–Kier alpha value is -2.06. The number of benzene rings is 1. The standard InChI is InChI=1S/C13H15FN4O2S/c1-15-13-16-7-12(8-17-13)21(19,20)18(2)9-10-3-5-11(14)6-4-10/h3-8H,9H2,1-2H3,(H,15,16,17). The SMILES string of the molecule is CNc1ncc(S(=O)(=O)N(C)Cc2ccc(F)cc2)cn1. The van der Waals surface area contributed by atoms with Crippen LogP contribution in [-0.4, -0.2) is 36.8 Å². The van der Waals surface area contributed by atoms with E-state index in [2.05, 4.69) is 15.3 Å². The molecule has 1 aromatic carbocycles. The Morgan fingerprint density at radius 1 is 1.19 bits per heavy atom. The fourth-order valence-corrected chi connectivity index (χ4v) is 2.74. The van der Waals surface area contributed by atoms with Crippen LogP contribution in [-0.2, 0) is 16.6 Å². The molecule has 0 atom stereocenters. The Balaban J connectivity index is 2.19. The summed E-state index contributed by atoms with van der Waals surface area (Å²) in [6.45, 7) is 0.135. The third kappa shape index (κ3) is 3.53. The Bertz CT molecular complexity index is 702. The number of nitrogens with one attached hydrogen (secondary N) is 1. The number of halogens is 1. The molecule has 0 aliphatic heterocycles. The zero-order valence-corrected chi connectivity index (χ0v) is 12.4. The summed E-state index contributed by atoms with van der Waals surface area (Å²) in [4.78, 5) is 7.78. The summed E-state index contributed by atoms with van der Waals surface area (Å²) in [5.41, 5.74) is 0.690. The Labute approximate surface area is 122 Å². The molecule has 0 unspecified atom stereocenters. The minimum absolute atomic E-state index is 0.00566. The molecule has 1 N–H and O–H groups in total. The molecule has 0 radical (unpaired) electrons. The van der Waals surface area contributed by atoms with Crippen LogP contribution in [0.1, 0.15) is 5.56 Å². The molecule has 0 fully saturated rings. The van der Waals surface area contributed by atoms with E-state index in [1.165, 1.54) is 31.6 Å². The maximum Gasteiger partial charge on any atom is 0.246 e. The molecule has 0 spiro atoms. The number of sulfonamides is 1. The molecule has 0 aliphatic rings. The van der Waals surface area contributed by atoms with Gasteiger partial charge >= 0.3 is 0 Å². The van der Waals surface area contributed by atoms with Gasteiger partial charge in [0.25, 0.3) is 0 Å². The van der Waals surface area contributed by atoms with Crippen LogP contribution in [0.2, 0.25) is 0 Å². The van der Waals surface area contributed by atoms with Crippen molar-refractivity contribution in [1.82, 2.24) is 14.3 Å². The van der Waals surface area contributed by atoms with Crippen LogP contribution in [0.4, 0.5) is 10.3 Å². The van der Waals surface area contributed by atoms with E-state index in [1.807, 2.05) is 0 Å². The van der Waals surface area contributed by atoms with Crippen molar-refractivity contribution in [2.45, 2.75) is 11.4 Å². The topological polar surface area (TPSA) is 75.2 Å². The molecule has 112 valence electrons. The predicted molar refractivity (Wildman–Crippen MR) is 76.6 cm³/mol. The van der Waals surface area contributed by atoms with Crippen molar-refractivity contribution < 1.29 is 12.8 Å². The lowest BCUT2D eigenvalue weighted by Crippen LogP contribution is -2.26. The van der Waals surface area contributed by atoms with Gasteiger partial charge in [0.2, 0.25) is 16.0 Å². The van der Waals surface area contributed by atoms with Gasteiger partial charge in [0.05, 0.1) is 12.4 Å². The first-order chi connectivity index (χ1) is 9.93. The van der Waals surface area contributed by atoms with Crippen molar-refractivity contribution in [3.8, 4) is 0 Å². The zero-order valence-electron chi connectivity index (χ0n) is 11.6. The van der Waals surface area contributed by atoms with E-state index in [0.717, 1.165) is 4.31 Å².